The van der Waals surface area contributed by atoms with Crippen LogP contribution in [0.4, 0.5) is 0 Å². The molecule has 0 aromatic rings. The zero-order valence-corrected chi connectivity index (χ0v) is 9.71. The van der Waals surface area contributed by atoms with E-state index >= 15 is 0 Å². The Morgan fingerprint density at radius 3 is 2.21 bits per heavy atom. The van der Waals surface area contributed by atoms with Crippen LogP contribution in [0.1, 0.15) is 47.0 Å². The first-order chi connectivity index (χ1) is 6.26. The third-order valence-electron chi connectivity index (χ3n) is 2.39. The number of rotatable bonds is 5. The summed E-state index contributed by atoms with van der Waals surface area (Å²) in [5.74, 6) is -0.652. The molecule has 0 saturated heterocycles. The van der Waals surface area contributed by atoms with Gasteiger partial charge in [-0.2, -0.15) is 0 Å². The first-order valence-electron chi connectivity index (χ1n) is 5.23. The Morgan fingerprint density at radius 2 is 1.93 bits per heavy atom. The Balaban J connectivity index is 4.32. The fourth-order valence-corrected chi connectivity index (χ4v) is 1.72. The minimum Gasteiger partial charge on any atom is -0.481 e. The van der Waals surface area contributed by atoms with Crippen molar-refractivity contribution in [3.63, 3.8) is 0 Å². The summed E-state index contributed by atoms with van der Waals surface area (Å²) in [6.07, 6.45) is 1.90. The van der Waals surface area contributed by atoms with Gasteiger partial charge in [-0.15, -0.1) is 0 Å². The second kappa shape index (κ2) is 5.35. The van der Waals surface area contributed by atoms with Crippen molar-refractivity contribution in [1.82, 2.24) is 0 Å². The number of hydrogen-bond acceptors (Lipinski definition) is 2. The fraction of sp³-hybridized carbons (Fsp3) is 0.909. The van der Waals surface area contributed by atoms with Crippen LogP contribution in [-0.2, 0) is 4.79 Å². The van der Waals surface area contributed by atoms with Crippen LogP contribution in [0, 0.1) is 11.3 Å². The van der Waals surface area contributed by atoms with Crippen molar-refractivity contribution < 1.29 is 9.90 Å². The van der Waals surface area contributed by atoms with Crippen LogP contribution >= 0.6 is 0 Å². The highest BCUT2D eigenvalue weighted by molar-refractivity contribution is 5.67. The fourth-order valence-electron chi connectivity index (χ4n) is 1.72. The van der Waals surface area contributed by atoms with Crippen LogP contribution in [0.5, 0.6) is 0 Å². The summed E-state index contributed by atoms with van der Waals surface area (Å²) >= 11 is 0. The number of nitrogens with two attached hydrogens (primary N) is 1. The predicted octanol–water partition coefficient (Wildman–Crippen LogP) is 2.25. The molecular weight excluding hydrogens is 178 g/mol. The molecule has 0 heterocycles. The molecule has 3 nitrogen and oxygen atoms in total. The lowest BCUT2D eigenvalue weighted by Crippen LogP contribution is -2.33. The molecule has 0 rings (SSSR count). The maximum absolute atomic E-state index is 10.7. The lowest BCUT2D eigenvalue weighted by molar-refractivity contribution is -0.138. The van der Waals surface area contributed by atoms with Crippen LogP contribution in [-0.4, -0.2) is 17.1 Å². The Labute approximate surface area is 86.7 Å². The van der Waals surface area contributed by atoms with Crippen molar-refractivity contribution in [3.8, 4) is 0 Å². The Bertz CT molecular complexity index is 184. The molecule has 0 spiro atoms. The Hall–Kier alpha value is -0.570. The van der Waals surface area contributed by atoms with Gasteiger partial charge in [-0.1, -0.05) is 27.7 Å². The van der Waals surface area contributed by atoms with Gasteiger partial charge < -0.3 is 10.8 Å². The molecular formula is C11H23NO2. The first-order valence-corrected chi connectivity index (χ1v) is 5.23. The average Bonchev–Trinajstić information content (AvgIpc) is 1.98. The Kier molecular flexibility index (Phi) is 5.13. The molecule has 0 aromatic carbocycles. The van der Waals surface area contributed by atoms with E-state index in [1.807, 2.05) is 6.92 Å². The second-order valence-corrected chi connectivity index (χ2v) is 5.19. The van der Waals surface area contributed by atoms with Gasteiger partial charge in [0, 0.05) is 12.5 Å². The van der Waals surface area contributed by atoms with Gasteiger partial charge in [-0.3, -0.25) is 4.79 Å². The molecule has 0 aliphatic carbocycles. The molecule has 14 heavy (non-hydrogen) atoms. The van der Waals surface area contributed by atoms with Crippen LogP contribution in [0.2, 0.25) is 0 Å². The maximum atomic E-state index is 10.7. The molecule has 0 aromatic heterocycles. The molecule has 0 bridgehead atoms. The molecule has 0 radical (unpaired) electrons. The van der Waals surface area contributed by atoms with E-state index in [4.69, 9.17) is 10.8 Å². The van der Waals surface area contributed by atoms with Gasteiger partial charge >= 0.3 is 5.97 Å². The highest BCUT2D eigenvalue weighted by Crippen LogP contribution is 2.28. The standard InChI is InChI=1S/C11H23NO2/c1-5-9(12)8(6-10(13)14)7-11(2,3)4/h8-9H,5-7,12H2,1-4H3,(H,13,14). The van der Waals surface area contributed by atoms with Crippen LogP contribution in [0.25, 0.3) is 0 Å². The monoisotopic (exact) mass is 201 g/mol. The molecule has 3 N–H and O–H groups in total. The number of carboxylic acids is 1. The van der Waals surface area contributed by atoms with Gasteiger partial charge in [0.05, 0.1) is 0 Å². The van der Waals surface area contributed by atoms with E-state index in [-0.39, 0.29) is 23.8 Å². The lowest BCUT2D eigenvalue weighted by Gasteiger charge is -2.28. The van der Waals surface area contributed by atoms with Gasteiger partial charge in [0.15, 0.2) is 0 Å². The second-order valence-electron chi connectivity index (χ2n) is 5.19. The number of carbonyl (C=O) groups is 1. The van der Waals surface area contributed by atoms with Crippen molar-refractivity contribution in [2.45, 2.75) is 53.0 Å². The summed E-state index contributed by atoms with van der Waals surface area (Å²) in [7, 11) is 0. The van der Waals surface area contributed by atoms with Crippen molar-refractivity contribution >= 4 is 5.97 Å². The number of hydrogen-bond donors (Lipinski definition) is 2. The van der Waals surface area contributed by atoms with Crippen molar-refractivity contribution in [1.29, 1.82) is 0 Å². The summed E-state index contributed by atoms with van der Waals surface area (Å²) in [5, 5.41) is 8.77. The zero-order chi connectivity index (χ0) is 11.4. The molecule has 84 valence electrons. The van der Waals surface area contributed by atoms with E-state index in [2.05, 4.69) is 20.8 Å². The number of carboxylic acid groups (broad SMARTS) is 1. The molecule has 0 amide bonds. The van der Waals surface area contributed by atoms with E-state index in [1.54, 1.807) is 0 Å². The largest absolute Gasteiger partial charge is 0.481 e. The molecule has 0 aliphatic rings. The topological polar surface area (TPSA) is 63.3 Å². The minimum absolute atomic E-state index is 0.00493. The molecule has 0 saturated carbocycles. The van der Waals surface area contributed by atoms with Crippen LogP contribution in [0.3, 0.4) is 0 Å². The molecule has 0 aliphatic heterocycles. The number of aliphatic carboxylic acids is 1. The first kappa shape index (κ1) is 13.4. The van der Waals surface area contributed by atoms with E-state index in [9.17, 15) is 4.79 Å². The third kappa shape index (κ3) is 5.97. The van der Waals surface area contributed by atoms with Gasteiger partial charge in [0.2, 0.25) is 0 Å². The summed E-state index contributed by atoms with van der Waals surface area (Å²) in [4.78, 5) is 10.7. The summed E-state index contributed by atoms with van der Waals surface area (Å²) in [6.45, 7) is 8.35. The van der Waals surface area contributed by atoms with Crippen LogP contribution < -0.4 is 5.73 Å². The van der Waals surface area contributed by atoms with Gasteiger partial charge in [0.25, 0.3) is 0 Å². The summed E-state index contributed by atoms with van der Waals surface area (Å²) < 4.78 is 0. The zero-order valence-electron chi connectivity index (χ0n) is 9.71. The van der Waals surface area contributed by atoms with E-state index in [0.717, 1.165) is 12.8 Å². The smallest absolute Gasteiger partial charge is 0.303 e. The summed E-state index contributed by atoms with van der Waals surface area (Å²) in [5.41, 5.74) is 6.06. The molecule has 2 unspecified atom stereocenters. The maximum Gasteiger partial charge on any atom is 0.303 e. The lowest BCUT2D eigenvalue weighted by atomic mass is 9.79. The quantitative estimate of drug-likeness (QED) is 0.717. The molecule has 3 heteroatoms. The molecule has 2 atom stereocenters. The van der Waals surface area contributed by atoms with Crippen molar-refractivity contribution in [3.05, 3.63) is 0 Å². The SMILES string of the molecule is CCC(N)C(CC(=O)O)CC(C)(C)C. The van der Waals surface area contributed by atoms with E-state index < -0.39 is 5.97 Å². The normalized spacial score (nSPS) is 16.4. The van der Waals surface area contributed by atoms with E-state index in [1.165, 1.54) is 0 Å². The van der Waals surface area contributed by atoms with Gasteiger partial charge in [0.1, 0.15) is 0 Å². The van der Waals surface area contributed by atoms with Crippen LogP contribution in [0.15, 0.2) is 0 Å². The van der Waals surface area contributed by atoms with Crippen molar-refractivity contribution in [2.24, 2.45) is 17.1 Å². The average molecular weight is 201 g/mol. The predicted molar refractivity (Wildman–Crippen MR) is 58.1 cm³/mol. The molecule has 0 fully saturated rings. The highest BCUT2D eigenvalue weighted by atomic mass is 16.4. The Morgan fingerprint density at radius 1 is 1.43 bits per heavy atom. The van der Waals surface area contributed by atoms with Gasteiger partial charge in [-0.05, 0) is 24.2 Å². The van der Waals surface area contributed by atoms with E-state index in [0.29, 0.717) is 0 Å². The highest BCUT2D eigenvalue weighted by Gasteiger charge is 2.25. The summed E-state index contributed by atoms with van der Waals surface area (Å²) in [6, 6.07) is 0.00493. The van der Waals surface area contributed by atoms with Crippen molar-refractivity contribution in [2.75, 3.05) is 0 Å². The third-order valence-corrected chi connectivity index (χ3v) is 2.39. The minimum atomic E-state index is -0.747. The van der Waals surface area contributed by atoms with Gasteiger partial charge in [-0.25, -0.2) is 0 Å².